The number of hydrogen-bond acceptors (Lipinski definition) is 16. The van der Waals surface area contributed by atoms with Gasteiger partial charge in [0.25, 0.3) is 0 Å². The molecule has 2 saturated carbocycles. The van der Waals surface area contributed by atoms with Crippen LogP contribution in [0.2, 0.25) is 0 Å². The van der Waals surface area contributed by atoms with Crippen molar-refractivity contribution in [3.05, 3.63) is 71.8 Å². The first-order valence-electron chi connectivity index (χ1n) is 22.8. The minimum absolute atomic E-state index is 0.137. The first-order chi connectivity index (χ1) is 32.7. The molecule has 0 aromatic heterocycles. The van der Waals surface area contributed by atoms with Gasteiger partial charge in [0.05, 0.1) is 50.6 Å². The van der Waals surface area contributed by atoms with Crippen molar-refractivity contribution in [2.24, 2.45) is 4.99 Å². The molecule has 0 unspecified atom stereocenters. The molecule has 21 heteroatoms. The van der Waals surface area contributed by atoms with E-state index in [-0.39, 0.29) is 49.1 Å². The summed E-state index contributed by atoms with van der Waals surface area (Å²) in [6.07, 6.45) is 4.82. The number of rotatable bonds is 10. The fourth-order valence-corrected chi connectivity index (χ4v) is 9.47. The van der Waals surface area contributed by atoms with Crippen molar-refractivity contribution in [2.75, 3.05) is 39.5 Å². The van der Waals surface area contributed by atoms with Gasteiger partial charge in [-0.3, -0.25) is 24.0 Å². The van der Waals surface area contributed by atoms with Crippen LogP contribution in [0.25, 0.3) is 0 Å². The number of isocyanates is 1. The molecule has 5 amide bonds. The van der Waals surface area contributed by atoms with Gasteiger partial charge < -0.3 is 58.9 Å². The van der Waals surface area contributed by atoms with Crippen molar-refractivity contribution in [1.82, 2.24) is 25.8 Å². The maximum atomic E-state index is 13.0. The molecule has 2 aromatic rings. The van der Waals surface area contributed by atoms with E-state index in [1.807, 2.05) is 60.7 Å². The molecule has 0 bridgehead atoms. The van der Waals surface area contributed by atoms with E-state index >= 15 is 0 Å². The number of nitrogens with one attached hydrogen (secondary N) is 3. The number of hydrogen-bond donors (Lipinski definition) is 3. The summed E-state index contributed by atoms with van der Waals surface area (Å²) < 4.78 is 37.6. The largest absolute Gasteiger partial charge is 0.445 e. The van der Waals surface area contributed by atoms with Gasteiger partial charge in [-0.25, -0.2) is 19.4 Å². The fraction of sp³-hybridized carbons (Fsp3) is 0.574. The Bertz CT molecular complexity index is 2120. The SMILES string of the molecule is CC(=O)N[C@@H]1CC2(CC[C@@H]1N1CC[C@H](NC(=O)OCc3ccccc3)C1=O)OCCO2.CC(=O)OC(C)=O.O=C=N[C@@H]1CC2(CC[C@@H]1N1CC[C@H](NC(=O)OCc3ccccc3)C1=O)OCCO2. The molecule has 0 radical (unpaired) electrons. The maximum Gasteiger partial charge on any atom is 0.408 e. The Kier molecular flexibility index (Phi) is 18.2. The van der Waals surface area contributed by atoms with Crippen LogP contribution >= 0.6 is 0 Å². The van der Waals surface area contributed by atoms with Crippen LogP contribution in [-0.4, -0.2) is 145 Å². The van der Waals surface area contributed by atoms with E-state index in [1.54, 1.807) is 15.9 Å². The quantitative estimate of drug-likeness (QED) is 0.102. The van der Waals surface area contributed by atoms with Crippen LogP contribution in [0.15, 0.2) is 65.7 Å². The first-order valence-corrected chi connectivity index (χ1v) is 22.8. The van der Waals surface area contributed by atoms with Crippen molar-refractivity contribution in [1.29, 1.82) is 0 Å². The minimum atomic E-state index is -0.719. The molecule has 6 atom stereocenters. The molecule has 3 N–H and O–H groups in total. The zero-order valence-corrected chi connectivity index (χ0v) is 38.5. The number of aliphatic imine (C=N–C) groups is 1. The van der Waals surface area contributed by atoms with Crippen LogP contribution in [0, 0.1) is 0 Å². The molecule has 6 fully saturated rings. The third-order valence-electron chi connectivity index (χ3n) is 12.4. The van der Waals surface area contributed by atoms with Crippen LogP contribution in [0.1, 0.15) is 83.3 Å². The Morgan fingerprint density at radius 2 is 1.09 bits per heavy atom. The summed E-state index contributed by atoms with van der Waals surface area (Å²) in [5.74, 6) is -3.02. The summed E-state index contributed by atoms with van der Waals surface area (Å²) in [5, 5.41) is 8.31. The standard InChI is InChI=1S/C22H29N3O6.C21H25N3O6.C4H6O3/c1-15(26)23-18-13-22(30-11-12-31-22)9-7-19(18)25-10-8-17(20(25)27)24-21(28)29-14-16-5-3-2-4-6-16;25-14-22-17-12-21(29-10-11-30-21)8-6-18(17)24-9-7-16(19(24)26)23-20(27)28-13-15-4-2-1-3-5-15;1-3(5)7-4(2)6/h2-6,17-19H,7-14H2,1H3,(H,23,26)(H,24,28);1-5,16-18H,6-13H2,(H,23,27);1-2H3/t17-,18+,19-;16-,17+,18-;/m00./s1. The van der Waals surface area contributed by atoms with E-state index in [1.165, 1.54) is 20.8 Å². The van der Waals surface area contributed by atoms with Crippen molar-refractivity contribution < 1.29 is 71.5 Å². The Labute approximate surface area is 393 Å². The third kappa shape index (κ3) is 14.1. The number of carbonyl (C=O) groups is 7. The van der Waals surface area contributed by atoms with Crippen LogP contribution in [-0.2, 0) is 75.1 Å². The van der Waals surface area contributed by atoms with Crippen LogP contribution < -0.4 is 16.0 Å². The minimum Gasteiger partial charge on any atom is -0.445 e. The Hall–Kier alpha value is -6.25. The highest BCUT2D eigenvalue weighted by molar-refractivity contribution is 5.88. The van der Waals surface area contributed by atoms with E-state index in [2.05, 4.69) is 25.7 Å². The first kappa shape index (κ1) is 51.1. The summed E-state index contributed by atoms with van der Waals surface area (Å²) in [6.45, 7) is 7.21. The molecule has 2 aliphatic carbocycles. The number of nitrogens with zero attached hydrogens (tertiary/aromatic N) is 3. The number of carbonyl (C=O) groups excluding carboxylic acids is 8. The van der Waals surface area contributed by atoms with Gasteiger partial charge in [0.15, 0.2) is 11.6 Å². The van der Waals surface area contributed by atoms with Gasteiger partial charge in [0.2, 0.25) is 23.8 Å². The lowest BCUT2D eigenvalue weighted by Gasteiger charge is -2.44. The van der Waals surface area contributed by atoms with E-state index in [9.17, 15) is 38.4 Å². The Morgan fingerprint density at radius 3 is 1.51 bits per heavy atom. The predicted molar refractivity (Wildman–Crippen MR) is 236 cm³/mol. The fourth-order valence-electron chi connectivity index (χ4n) is 9.47. The number of ether oxygens (including phenoxy) is 7. The van der Waals surface area contributed by atoms with Crippen LogP contribution in [0.5, 0.6) is 0 Å². The number of benzene rings is 2. The number of esters is 2. The lowest BCUT2D eigenvalue weighted by Crippen LogP contribution is -2.59. The molecule has 4 heterocycles. The van der Waals surface area contributed by atoms with Crippen molar-refractivity contribution in [3.63, 3.8) is 0 Å². The van der Waals surface area contributed by atoms with Crippen molar-refractivity contribution in [2.45, 2.75) is 133 Å². The summed E-state index contributed by atoms with van der Waals surface area (Å²) in [5.41, 5.74) is 1.75. The third-order valence-corrected chi connectivity index (χ3v) is 12.4. The van der Waals surface area contributed by atoms with E-state index in [0.717, 1.165) is 11.1 Å². The van der Waals surface area contributed by atoms with Gasteiger partial charge in [0, 0.05) is 59.5 Å². The average molecular weight is 949 g/mol. The molecular weight excluding hydrogens is 889 g/mol. The molecule has 368 valence electrons. The molecule has 21 nitrogen and oxygen atoms in total. The number of alkyl carbamates (subject to hydrolysis) is 2. The molecule has 4 saturated heterocycles. The second-order valence-corrected chi connectivity index (χ2v) is 17.2. The van der Waals surface area contributed by atoms with Gasteiger partial charge in [0.1, 0.15) is 25.3 Å². The number of likely N-dealkylation sites (tertiary alicyclic amines) is 2. The Morgan fingerprint density at radius 1 is 0.647 bits per heavy atom. The molecule has 4 aliphatic heterocycles. The summed E-state index contributed by atoms with van der Waals surface area (Å²) in [6, 6.07) is 16.3. The zero-order valence-electron chi connectivity index (χ0n) is 38.5. The highest BCUT2D eigenvalue weighted by Gasteiger charge is 2.51. The maximum absolute atomic E-state index is 13.0. The zero-order chi connectivity index (χ0) is 48.7. The average Bonchev–Trinajstić information content (AvgIpc) is 4.12. The Balaban J connectivity index is 0.000000197. The molecule has 6 aliphatic rings. The highest BCUT2D eigenvalue weighted by atomic mass is 16.7. The topological polar surface area (TPSA) is 256 Å². The van der Waals surface area contributed by atoms with E-state index in [4.69, 9.17) is 28.4 Å². The second-order valence-electron chi connectivity index (χ2n) is 17.2. The van der Waals surface area contributed by atoms with Crippen molar-refractivity contribution >= 4 is 47.9 Å². The van der Waals surface area contributed by atoms with Gasteiger partial charge in [-0.15, -0.1) is 0 Å². The van der Waals surface area contributed by atoms with Gasteiger partial charge >= 0.3 is 24.1 Å². The highest BCUT2D eigenvalue weighted by Crippen LogP contribution is 2.41. The van der Waals surface area contributed by atoms with Crippen LogP contribution in [0.3, 0.4) is 0 Å². The molecule has 8 rings (SSSR count). The molecular formula is C47H60N6O15. The lowest BCUT2D eigenvalue weighted by molar-refractivity contribution is -0.191. The monoisotopic (exact) mass is 948 g/mol. The second kappa shape index (κ2) is 24.2. The van der Waals surface area contributed by atoms with Gasteiger partial charge in [-0.2, -0.15) is 0 Å². The molecule has 68 heavy (non-hydrogen) atoms. The van der Waals surface area contributed by atoms with Crippen LogP contribution in [0.4, 0.5) is 9.59 Å². The summed E-state index contributed by atoms with van der Waals surface area (Å²) in [4.78, 5) is 100. The number of amides is 5. The van der Waals surface area contributed by atoms with E-state index in [0.29, 0.717) is 90.9 Å². The smallest absolute Gasteiger partial charge is 0.408 e. The molecule has 2 aromatic carbocycles. The predicted octanol–water partition coefficient (Wildman–Crippen LogP) is 2.92. The summed E-state index contributed by atoms with van der Waals surface area (Å²) in [7, 11) is 0. The molecule has 2 spiro atoms. The van der Waals surface area contributed by atoms with Gasteiger partial charge in [-0.05, 0) is 36.8 Å². The van der Waals surface area contributed by atoms with Crippen molar-refractivity contribution in [3.8, 4) is 0 Å². The summed E-state index contributed by atoms with van der Waals surface area (Å²) >= 11 is 0. The normalized spacial score (nSPS) is 25.5. The van der Waals surface area contributed by atoms with E-state index < -0.39 is 53.8 Å². The van der Waals surface area contributed by atoms with Gasteiger partial charge in [-0.1, -0.05) is 60.7 Å². The lowest BCUT2D eigenvalue weighted by atomic mass is 9.84.